The van der Waals surface area contributed by atoms with Gasteiger partial charge in [0.25, 0.3) is 11.8 Å². The van der Waals surface area contributed by atoms with E-state index in [9.17, 15) is 17.2 Å². The fourth-order valence-electron chi connectivity index (χ4n) is 3.39. The summed E-state index contributed by atoms with van der Waals surface area (Å²) in [6.07, 6.45) is 2.15. The molecule has 1 aromatic carbocycles. The van der Waals surface area contributed by atoms with E-state index in [1.807, 2.05) is 18.2 Å². The monoisotopic (exact) mass is 435 g/mol. The third kappa shape index (κ3) is 4.61. The predicted molar refractivity (Wildman–Crippen MR) is 104 cm³/mol. The summed E-state index contributed by atoms with van der Waals surface area (Å²) in [7, 11) is -3.35. The number of benzene rings is 1. The van der Waals surface area contributed by atoms with Gasteiger partial charge in [-0.1, -0.05) is 30.3 Å². The maximum absolute atomic E-state index is 12.7. The van der Waals surface area contributed by atoms with Crippen LogP contribution in [0.15, 0.2) is 47.1 Å². The van der Waals surface area contributed by atoms with Crippen LogP contribution in [0.3, 0.4) is 0 Å². The Balaban J connectivity index is 1.45. The summed E-state index contributed by atoms with van der Waals surface area (Å²) in [5.41, 5.74) is 0.414. The van der Waals surface area contributed by atoms with Crippen LogP contribution >= 0.6 is 0 Å². The van der Waals surface area contributed by atoms with Gasteiger partial charge >= 0.3 is 6.43 Å². The number of halogens is 2. The van der Waals surface area contributed by atoms with Crippen LogP contribution < -0.4 is 5.32 Å². The fourth-order valence-corrected chi connectivity index (χ4v) is 5.39. The molecule has 2 heterocycles. The zero-order valence-electron chi connectivity index (χ0n) is 15.8. The smallest absolute Gasteiger partial charge is 0.314 e. The third-order valence-electron chi connectivity index (χ3n) is 4.94. The molecule has 158 valence electrons. The highest BCUT2D eigenvalue weighted by molar-refractivity contribution is 7.90. The maximum atomic E-state index is 12.7. The molecule has 0 saturated heterocycles. The predicted octanol–water partition coefficient (Wildman–Crippen LogP) is 3.41. The van der Waals surface area contributed by atoms with Crippen LogP contribution in [0.4, 0.5) is 14.7 Å². The molecule has 1 fully saturated rings. The molecule has 1 saturated carbocycles. The summed E-state index contributed by atoms with van der Waals surface area (Å²) in [6.45, 7) is 0. The number of hydrogen-bond acceptors (Lipinski definition) is 8. The molecule has 0 bridgehead atoms. The summed E-state index contributed by atoms with van der Waals surface area (Å²) >= 11 is 0. The van der Waals surface area contributed by atoms with Crippen molar-refractivity contribution in [2.75, 3.05) is 11.1 Å². The van der Waals surface area contributed by atoms with E-state index in [4.69, 9.17) is 4.42 Å². The number of hydrogen-bond donors (Lipinski definition) is 1. The first-order chi connectivity index (χ1) is 14.3. The number of alkyl halides is 2. The van der Waals surface area contributed by atoms with Crippen LogP contribution in [-0.4, -0.2) is 39.9 Å². The molecule has 4 rings (SSSR count). The Labute approximate surface area is 171 Å². The van der Waals surface area contributed by atoms with E-state index in [0.717, 1.165) is 12.0 Å². The minimum absolute atomic E-state index is 0.0264. The lowest BCUT2D eigenvalue weighted by atomic mass is 9.78. The number of anilines is 1. The number of sulfone groups is 1. The first-order valence-corrected chi connectivity index (χ1v) is 11.1. The Hall–Kier alpha value is -2.95. The summed E-state index contributed by atoms with van der Waals surface area (Å²) < 4.78 is 55.5. The van der Waals surface area contributed by atoms with E-state index >= 15 is 0 Å². The standard InChI is InChI=1S/C19H19F2N5O3S/c20-15(21)17-26-25-16(29-17)14-9-22-18(23-10-14)24-19(7-4-8-19)12-30(27,28)11-13-5-2-1-3-6-13/h1-3,5-6,9-10,15H,4,7-8,11-12H2,(H,22,23,24). The van der Waals surface area contributed by atoms with E-state index in [-0.39, 0.29) is 23.3 Å². The Kier molecular flexibility index (Phi) is 5.46. The molecule has 3 aromatic rings. The Morgan fingerprint density at radius 1 is 1.10 bits per heavy atom. The van der Waals surface area contributed by atoms with Crippen LogP contribution in [0.1, 0.15) is 37.1 Å². The number of nitrogens with one attached hydrogen (secondary N) is 1. The topological polar surface area (TPSA) is 111 Å². The quantitative estimate of drug-likeness (QED) is 0.573. The summed E-state index contributed by atoms with van der Waals surface area (Å²) in [4.78, 5) is 8.32. The Morgan fingerprint density at radius 2 is 1.80 bits per heavy atom. The third-order valence-corrected chi connectivity index (χ3v) is 6.70. The molecule has 11 heteroatoms. The zero-order valence-corrected chi connectivity index (χ0v) is 16.6. The molecule has 0 amide bonds. The van der Waals surface area contributed by atoms with E-state index < -0.39 is 27.7 Å². The average molecular weight is 435 g/mol. The van der Waals surface area contributed by atoms with Gasteiger partial charge in [0.05, 0.1) is 22.6 Å². The van der Waals surface area contributed by atoms with Gasteiger partial charge in [-0.05, 0) is 24.8 Å². The highest BCUT2D eigenvalue weighted by atomic mass is 32.2. The van der Waals surface area contributed by atoms with Crippen LogP contribution in [0, 0.1) is 0 Å². The lowest BCUT2D eigenvalue weighted by Gasteiger charge is -2.42. The van der Waals surface area contributed by atoms with Gasteiger partial charge in [-0.25, -0.2) is 18.4 Å². The van der Waals surface area contributed by atoms with Crippen molar-refractivity contribution >= 4 is 15.8 Å². The minimum atomic E-state index is -3.35. The highest BCUT2D eigenvalue weighted by Gasteiger charge is 2.41. The Bertz CT molecular complexity index is 1100. The van der Waals surface area contributed by atoms with Crippen molar-refractivity contribution in [2.24, 2.45) is 0 Å². The van der Waals surface area contributed by atoms with E-state index in [2.05, 4.69) is 25.5 Å². The van der Waals surface area contributed by atoms with Gasteiger partial charge in [0, 0.05) is 12.4 Å². The van der Waals surface area contributed by atoms with Gasteiger partial charge in [-0.2, -0.15) is 8.78 Å². The first-order valence-electron chi connectivity index (χ1n) is 9.31. The Morgan fingerprint density at radius 3 is 2.37 bits per heavy atom. The van der Waals surface area contributed by atoms with E-state index in [1.54, 1.807) is 12.1 Å². The number of rotatable bonds is 8. The van der Waals surface area contributed by atoms with Gasteiger partial charge in [0.1, 0.15) is 0 Å². The largest absolute Gasteiger partial charge is 0.415 e. The fraction of sp³-hybridized carbons (Fsp3) is 0.368. The first kappa shape index (κ1) is 20.3. The molecule has 0 spiro atoms. The second kappa shape index (κ2) is 8.05. The molecule has 1 aliphatic rings. The van der Waals surface area contributed by atoms with Gasteiger partial charge in [0.2, 0.25) is 5.95 Å². The summed E-state index contributed by atoms with van der Waals surface area (Å²) in [5, 5.41) is 9.97. The highest BCUT2D eigenvalue weighted by Crippen LogP contribution is 2.36. The molecule has 2 aromatic heterocycles. The molecule has 30 heavy (non-hydrogen) atoms. The van der Waals surface area contributed by atoms with E-state index in [0.29, 0.717) is 18.4 Å². The molecular weight excluding hydrogens is 416 g/mol. The maximum Gasteiger partial charge on any atom is 0.314 e. The molecule has 0 radical (unpaired) electrons. The van der Waals surface area contributed by atoms with Crippen LogP contribution in [0.25, 0.3) is 11.5 Å². The van der Waals surface area contributed by atoms with E-state index in [1.165, 1.54) is 12.4 Å². The van der Waals surface area contributed by atoms with Crippen molar-refractivity contribution in [3.8, 4) is 11.5 Å². The average Bonchev–Trinajstić information content (AvgIpc) is 3.18. The molecular formula is C19H19F2N5O3S. The summed E-state index contributed by atoms with van der Waals surface area (Å²) in [5.74, 6) is -0.686. The molecule has 8 nitrogen and oxygen atoms in total. The normalized spacial score (nSPS) is 15.7. The minimum Gasteiger partial charge on any atom is -0.415 e. The van der Waals surface area contributed by atoms with Gasteiger partial charge in [-0.3, -0.25) is 0 Å². The lowest BCUT2D eigenvalue weighted by molar-refractivity contribution is 0.116. The van der Waals surface area contributed by atoms with Gasteiger partial charge in [0.15, 0.2) is 9.84 Å². The van der Waals surface area contributed by atoms with Crippen molar-refractivity contribution in [3.05, 3.63) is 54.2 Å². The number of nitrogens with zero attached hydrogens (tertiary/aromatic N) is 4. The van der Waals surface area contributed by atoms with Crippen molar-refractivity contribution in [1.82, 2.24) is 20.2 Å². The number of aromatic nitrogens is 4. The van der Waals surface area contributed by atoms with Crippen LogP contribution in [0.2, 0.25) is 0 Å². The SMILES string of the molecule is O=S(=O)(Cc1ccccc1)CC1(Nc2ncc(-c3nnc(C(F)F)o3)cn2)CCC1. The van der Waals surface area contributed by atoms with Crippen molar-refractivity contribution in [1.29, 1.82) is 0 Å². The summed E-state index contributed by atoms with van der Waals surface area (Å²) in [6, 6.07) is 9.04. The van der Waals surface area contributed by atoms with Gasteiger partial charge < -0.3 is 9.73 Å². The molecule has 1 aliphatic carbocycles. The molecule has 0 atom stereocenters. The van der Waals surface area contributed by atoms with Crippen molar-refractivity contribution in [2.45, 2.75) is 37.0 Å². The van der Waals surface area contributed by atoms with Crippen molar-refractivity contribution in [3.63, 3.8) is 0 Å². The van der Waals surface area contributed by atoms with Crippen LogP contribution in [-0.2, 0) is 15.6 Å². The van der Waals surface area contributed by atoms with Crippen LogP contribution in [0.5, 0.6) is 0 Å². The van der Waals surface area contributed by atoms with Gasteiger partial charge in [-0.15, -0.1) is 10.2 Å². The second-order valence-electron chi connectivity index (χ2n) is 7.32. The molecule has 0 unspecified atom stereocenters. The van der Waals surface area contributed by atoms with Crippen molar-refractivity contribution < 1.29 is 21.6 Å². The molecule has 0 aliphatic heterocycles. The lowest BCUT2D eigenvalue weighted by Crippen LogP contribution is -2.51. The zero-order chi connectivity index (χ0) is 21.2. The molecule has 1 N–H and O–H groups in total. The second-order valence-corrected chi connectivity index (χ2v) is 9.38.